The summed E-state index contributed by atoms with van der Waals surface area (Å²) < 4.78 is 0. The number of aliphatic imine (C=N–C) groups is 1. The van der Waals surface area contributed by atoms with Crippen LogP contribution in [-0.2, 0) is 11.3 Å². The second-order valence-corrected chi connectivity index (χ2v) is 6.02. The number of likely N-dealkylation sites (tertiary alicyclic amines) is 1. The third kappa shape index (κ3) is 7.91. The smallest absolute Gasteiger partial charge is 0.231 e. The van der Waals surface area contributed by atoms with Crippen LogP contribution in [0.4, 0.5) is 0 Å². The van der Waals surface area contributed by atoms with Gasteiger partial charge in [-0.25, -0.2) is 4.99 Å². The molecule has 7 nitrogen and oxygen atoms in total. The van der Waals surface area contributed by atoms with Crippen molar-refractivity contribution in [1.82, 2.24) is 15.5 Å². The van der Waals surface area contributed by atoms with E-state index in [0.717, 1.165) is 44.0 Å². The molecule has 2 rings (SSSR count). The lowest BCUT2D eigenvalue weighted by Gasteiger charge is -2.32. The van der Waals surface area contributed by atoms with Crippen molar-refractivity contribution < 1.29 is 9.90 Å². The second kappa shape index (κ2) is 11.1. The predicted molar refractivity (Wildman–Crippen MR) is 110 cm³/mol. The van der Waals surface area contributed by atoms with Crippen molar-refractivity contribution in [3.05, 3.63) is 29.8 Å². The van der Waals surface area contributed by atoms with E-state index in [1.807, 2.05) is 19.1 Å². The quantitative estimate of drug-likeness (QED) is 0.288. The van der Waals surface area contributed by atoms with Crippen LogP contribution in [0.1, 0.15) is 25.3 Å². The first kappa shape index (κ1) is 21.5. The molecule has 0 radical (unpaired) electrons. The van der Waals surface area contributed by atoms with Crippen LogP contribution in [0.15, 0.2) is 29.3 Å². The normalized spacial score (nSPS) is 16.1. The van der Waals surface area contributed by atoms with Crippen LogP contribution in [0.5, 0.6) is 5.75 Å². The van der Waals surface area contributed by atoms with Gasteiger partial charge in [-0.15, -0.1) is 24.0 Å². The van der Waals surface area contributed by atoms with Gasteiger partial charge in [-0.05, 0) is 37.5 Å². The largest absolute Gasteiger partial charge is 0.508 e. The molecule has 0 bridgehead atoms. The molecule has 25 heavy (non-hydrogen) atoms. The Kier molecular flexibility index (Phi) is 9.58. The minimum atomic E-state index is -0.273. The van der Waals surface area contributed by atoms with E-state index in [2.05, 4.69) is 20.5 Å². The van der Waals surface area contributed by atoms with Gasteiger partial charge >= 0.3 is 0 Å². The number of halogens is 1. The number of primary amides is 1. The zero-order chi connectivity index (χ0) is 17.4. The predicted octanol–water partition coefficient (Wildman–Crippen LogP) is 1.01. The molecule has 5 N–H and O–H groups in total. The maximum Gasteiger partial charge on any atom is 0.231 e. The first-order chi connectivity index (χ1) is 11.6. The lowest BCUT2D eigenvalue weighted by atomic mass is 10.1. The van der Waals surface area contributed by atoms with Gasteiger partial charge in [0.05, 0.1) is 13.1 Å². The number of hydrogen-bond donors (Lipinski definition) is 4. The van der Waals surface area contributed by atoms with E-state index in [1.165, 1.54) is 0 Å². The fourth-order valence-corrected chi connectivity index (χ4v) is 2.74. The highest BCUT2D eigenvalue weighted by Crippen LogP contribution is 2.11. The maximum absolute atomic E-state index is 11.0. The van der Waals surface area contributed by atoms with Crippen molar-refractivity contribution in [2.24, 2.45) is 10.7 Å². The summed E-state index contributed by atoms with van der Waals surface area (Å²) in [5, 5.41) is 16.0. The van der Waals surface area contributed by atoms with Crippen LogP contribution in [0, 0.1) is 0 Å². The number of phenolic OH excluding ortho intramolecular Hbond substituents is 1. The van der Waals surface area contributed by atoms with E-state index < -0.39 is 0 Å². The molecule has 1 saturated heterocycles. The van der Waals surface area contributed by atoms with Crippen molar-refractivity contribution in [1.29, 1.82) is 0 Å². The molecule has 0 aliphatic carbocycles. The van der Waals surface area contributed by atoms with Gasteiger partial charge in [0.15, 0.2) is 5.96 Å². The van der Waals surface area contributed by atoms with Gasteiger partial charge in [0.25, 0.3) is 0 Å². The molecule has 1 fully saturated rings. The third-order valence-corrected chi connectivity index (χ3v) is 4.01. The zero-order valence-corrected chi connectivity index (χ0v) is 16.9. The van der Waals surface area contributed by atoms with Crippen LogP contribution >= 0.6 is 24.0 Å². The number of nitrogens with two attached hydrogens (primary N) is 1. The van der Waals surface area contributed by atoms with Gasteiger partial charge in [0, 0.05) is 25.7 Å². The standard InChI is InChI=1S/C17H27N5O2.HI/c1-2-19-17(20-11-13-3-5-15(23)6-4-13)21-14-7-9-22(10-8-14)12-16(18)24;/h3-6,14,23H,2,7-12H2,1H3,(H2,18,24)(H2,19,20,21);1H. The fraction of sp³-hybridized carbons (Fsp3) is 0.529. The maximum atomic E-state index is 11.0. The van der Waals surface area contributed by atoms with Gasteiger partial charge in [-0.2, -0.15) is 0 Å². The molecular formula is C17H28IN5O2. The Hall–Kier alpha value is -1.55. The summed E-state index contributed by atoms with van der Waals surface area (Å²) in [4.78, 5) is 17.7. The molecule has 8 heteroatoms. The van der Waals surface area contributed by atoms with Gasteiger partial charge in [-0.3, -0.25) is 9.69 Å². The third-order valence-electron chi connectivity index (χ3n) is 4.01. The molecule has 0 spiro atoms. The number of phenols is 1. The number of nitrogens with zero attached hydrogens (tertiary/aromatic N) is 2. The van der Waals surface area contributed by atoms with E-state index in [1.54, 1.807) is 12.1 Å². The topological polar surface area (TPSA) is 103 Å². The number of rotatable bonds is 6. The van der Waals surface area contributed by atoms with E-state index in [4.69, 9.17) is 5.73 Å². The summed E-state index contributed by atoms with van der Waals surface area (Å²) in [7, 11) is 0. The number of carbonyl (C=O) groups is 1. The van der Waals surface area contributed by atoms with Crippen molar-refractivity contribution in [3.8, 4) is 5.75 Å². The Morgan fingerprint density at radius 2 is 1.96 bits per heavy atom. The number of carbonyl (C=O) groups excluding carboxylic acids is 1. The minimum absolute atomic E-state index is 0. The Labute approximate surface area is 166 Å². The fourth-order valence-electron chi connectivity index (χ4n) is 2.74. The average molecular weight is 461 g/mol. The molecule has 0 unspecified atom stereocenters. The molecular weight excluding hydrogens is 433 g/mol. The van der Waals surface area contributed by atoms with Gasteiger partial charge in [-0.1, -0.05) is 12.1 Å². The van der Waals surface area contributed by atoms with E-state index in [9.17, 15) is 9.90 Å². The van der Waals surface area contributed by atoms with Gasteiger partial charge in [0.1, 0.15) is 5.75 Å². The summed E-state index contributed by atoms with van der Waals surface area (Å²) in [5.74, 6) is 0.777. The Morgan fingerprint density at radius 3 is 2.52 bits per heavy atom. The average Bonchev–Trinajstić information content (AvgIpc) is 2.55. The monoisotopic (exact) mass is 461 g/mol. The second-order valence-electron chi connectivity index (χ2n) is 6.02. The molecule has 1 aromatic carbocycles. The van der Waals surface area contributed by atoms with Crippen LogP contribution in [0.2, 0.25) is 0 Å². The van der Waals surface area contributed by atoms with Gasteiger partial charge in [0.2, 0.25) is 5.91 Å². The Bertz CT molecular complexity index is 557. The SMILES string of the molecule is CCNC(=NCc1ccc(O)cc1)NC1CCN(CC(N)=O)CC1.I. The van der Waals surface area contributed by atoms with Crippen molar-refractivity contribution in [2.75, 3.05) is 26.2 Å². The summed E-state index contributed by atoms with van der Waals surface area (Å²) in [6.07, 6.45) is 1.91. The van der Waals surface area contributed by atoms with E-state index >= 15 is 0 Å². The molecule has 140 valence electrons. The molecule has 1 aromatic rings. The highest BCUT2D eigenvalue weighted by molar-refractivity contribution is 14.0. The highest BCUT2D eigenvalue weighted by atomic mass is 127. The van der Waals surface area contributed by atoms with E-state index in [0.29, 0.717) is 19.1 Å². The Morgan fingerprint density at radius 1 is 1.32 bits per heavy atom. The van der Waals surface area contributed by atoms with Crippen LogP contribution in [-0.4, -0.2) is 54.1 Å². The first-order valence-electron chi connectivity index (χ1n) is 8.40. The van der Waals surface area contributed by atoms with Crippen LogP contribution in [0.25, 0.3) is 0 Å². The molecule has 1 heterocycles. The number of amides is 1. The molecule has 0 aromatic heterocycles. The summed E-state index contributed by atoms with van der Waals surface area (Å²) in [5.41, 5.74) is 6.28. The van der Waals surface area contributed by atoms with Crippen LogP contribution in [0.3, 0.4) is 0 Å². The molecule has 0 saturated carbocycles. The summed E-state index contributed by atoms with van der Waals surface area (Å²) in [6.45, 7) is 5.43. The Balaban J connectivity index is 0.00000312. The van der Waals surface area contributed by atoms with Crippen LogP contribution < -0.4 is 16.4 Å². The molecule has 1 aliphatic rings. The highest BCUT2D eigenvalue weighted by Gasteiger charge is 2.20. The van der Waals surface area contributed by atoms with E-state index in [-0.39, 0.29) is 35.6 Å². The number of nitrogens with one attached hydrogen (secondary N) is 2. The number of piperidine rings is 1. The zero-order valence-electron chi connectivity index (χ0n) is 14.6. The molecule has 1 amide bonds. The van der Waals surface area contributed by atoms with Crippen molar-refractivity contribution in [2.45, 2.75) is 32.4 Å². The molecule has 0 atom stereocenters. The first-order valence-corrected chi connectivity index (χ1v) is 8.40. The molecule has 1 aliphatic heterocycles. The summed E-state index contributed by atoms with van der Waals surface area (Å²) >= 11 is 0. The van der Waals surface area contributed by atoms with Crippen molar-refractivity contribution >= 4 is 35.8 Å². The summed E-state index contributed by atoms with van der Waals surface area (Å²) in [6, 6.07) is 7.40. The number of aromatic hydroxyl groups is 1. The number of benzene rings is 1. The number of hydrogen-bond acceptors (Lipinski definition) is 4. The lowest BCUT2D eigenvalue weighted by molar-refractivity contribution is -0.119. The van der Waals surface area contributed by atoms with Crippen molar-refractivity contribution in [3.63, 3.8) is 0 Å². The van der Waals surface area contributed by atoms with Gasteiger partial charge < -0.3 is 21.5 Å². The number of guanidine groups is 1. The minimum Gasteiger partial charge on any atom is -0.508 e. The lowest BCUT2D eigenvalue weighted by Crippen LogP contribution is -2.49.